The van der Waals surface area contributed by atoms with Crippen LogP contribution in [-0.2, 0) is 16.4 Å². The Morgan fingerprint density at radius 3 is 2.63 bits per heavy atom. The third-order valence-electron chi connectivity index (χ3n) is 3.85. The molecule has 0 spiro atoms. The number of para-hydroxylation sites is 1. The van der Waals surface area contributed by atoms with Gasteiger partial charge in [-0.25, -0.2) is 18.2 Å². The summed E-state index contributed by atoms with van der Waals surface area (Å²) < 4.78 is 65.3. The molecule has 1 heterocycles. The van der Waals surface area contributed by atoms with E-state index in [1.165, 1.54) is 6.07 Å². The van der Waals surface area contributed by atoms with E-state index in [1.54, 1.807) is 12.1 Å². The van der Waals surface area contributed by atoms with Crippen molar-refractivity contribution in [3.8, 4) is 5.75 Å². The van der Waals surface area contributed by atoms with Gasteiger partial charge in [-0.15, -0.1) is 13.2 Å². The van der Waals surface area contributed by atoms with Crippen LogP contribution in [0.4, 0.5) is 13.2 Å². The number of benzene rings is 2. The summed E-state index contributed by atoms with van der Waals surface area (Å²) in [6.07, 6.45) is -4.93. The van der Waals surface area contributed by atoms with E-state index >= 15 is 0 Å². The van der Waals surface area contributed by atoms with Gasteiger partial charge in [0.25, 0.3) is 0 Å². The molecule has 0 saturated carbocycles. The number of aromatic amines is 1. The molecule has 0 bridgehead atoms. The first-order valence-corrected chi connectivity index (χ1v) is 10.2. The van der Waals surface area contributed by atoms with Crippen molar-refractivity contribution in [3.05, 3.63) is 52.8 Å². The molecule has 8 nitrogen and oxygen atoms in total. The van der Waals surface area contributed by atoms with Crippen molar-refractivity contribution >= 4 is 38.4 Å². The predicted molar refractivity (Wildman–Crippen MR) is 100 cm³/mol. The lowest BCUT2D eigenvalue weighted by Gasteiger charge is -2.11. The minimum Gasteiger partial charge on any atom is -0.478 e. The highest BCUT2D eigenvalue weighted by molar-refractivity contribution is 7.91. The van der Waals surface area contributed by atoms with Crippen molar-refractivity contribution in [2.24, 2.45) is 0 Å². The number of carboxylic acids is 1. The van der Waals surface area contributed by atoms with Crippen molar-refractivity contribution < 1.29 is 36.2 Å². The fraction of sp³-hybridized carbons (Fsp3) is 0.176. The molecule has 0 unspecified atom stereocenters. The lowest BCUT2D eigenvalue weighted by molar-refractivity contribution is -0.274. The normalized spacial score (nSPS) is 12.3. The van der Waals surface area contributed by atoms with Gasteiger partial charge in [0.2, 0.25) is 0 Å². The van der Waals surface area contributed by atoms with Gasteiger partial charge in [0, 0.05) is 6.07 Å². The van der Waals surface area contributed by atoms with E-state index in [9.17, 15) is 31.5 Å². The summed E-state index contributed by atoms with van der Waals surface area (Å²) >= 11 is 5.81. The second-order valence-corrected chi connectivity index (χ2v) is 8.38. The topological polar surface area (TPSA) is 121 Å². The number of ether oxygens (including phenoxy) is 1. The fourth-order valence-corrected chi connectivity index (χ4v) is 4.33. The van der Waals surface area contributed by atoms with Crippen molar-refractivity contribution in [1.82, 2.24) is 15.3 Å². The number of carboxylic acid groups (broad SMARTS) is 1. The maximum Gasteiger partial charge on any atom is 0.573 e. The van der Waals surface area contributed by atoms with E-state index in [0.29, 0.717) is 11.3 Å². The standard InChI is InChI=1S/C17H13ClF3N3O5S/c18-11-6-9(29-17(19,20)21)4-5-13(11)30(27,28)8-22-7-14-23-12-3-1-2-10(16(25)26)15(12)24-14/h1-6,22H,7-8H2,(H,23,24)(H,25,26). The van der Waals surface area contributed by atoms with Gasteiger partial charge >= 0.3 is 12.3 Å². The first-order chi connectivity index (χ1) is 14.0. The Bertz CT molecular complexity index is 1210. The van der Waals surface area contributed by atoms with Crippen LogP contribution in [-0.4, -0.2) is 41.7 Å². The number of H-pyrrole nitrogens is 1. The Morgan fingerprint density at radius 1 is 1.27 bits per heavy atom. The van der Waals surface area contributed by atoms with E-state index in [-0.39, 0.29) is 22.5 Å². The number of hydrogen-bond donors (Lipinski definition) is 3. The number of nitrogens with one attached hydrogen (secondary N) is 2. The van der Waals surface area contributed by atoms with Gasteiger partial charge in [-0.2, -0.15) is 0 Å². The van der Waals surface area contributed by atoms with Gasteiger partial charge in [-0.3, -0.25) is 5.32 Å². The van der Waals surface area contributed by atoms with Crippen molar-refractivity contribution in [2.45, 2.75) is 17.8 Å². The maximum atomic E-state index is 12.4. The molecule has 0 fully saturated rings. The summed E-state index contributed by atoms with van der Waals surface area (Å²) in [6.45, 7) is -0.0418. The molecule has 0 saturated heterocycles. The number of hydrogen-bond acceptors (Lipinski definition) is 6. The van der Waals surface area contributed by atoms with Crippen molar-refractivity contribution in [2.75, 3.05) is 5.88 Å². The Morgan fingerprint density at radius 2 is 2.00 bits per heavy atom. The molecule has 0 atom stereocenters. The van der Waals surface area contributed by atoms with Gasteiger partial charge < -0.3 is 14.8 Å². The number of imidazole rings is 1. The number of nitrogens with zero attached hydrogens (tertiary/aromatic N) is 1. The second-order valence-electron chi connectivity index (χ2n) is 6.02. The van der Waals surface area contributed by atoms with E-state index in [2.05, 4.69) is 20.0 Å². The zero-order valence-corrected chi connectivity index (χ0v) is 16.4. The van der Waals surface area contributed by atoms with Crippen LogP contribution in [0.15, 0.2) is 41.3 Å². The van der Waals surface area contributed by atoms with Gasteiger partial charge in [-0.05, 0) is 24.3 Å². The third-order valence-corrected chi connectivity index (χ3v) is 5.88. The molecule has 13 heteroatoms. The van der Waals surface area contributed by atoms with Gasteiger partial charge in [0.15, 0.2) is 9.84 Å². The predicted octanol–water partition coefficient (Wildman–Crippen LogP) is 3.33. The van der Waals surface area contributed by atoms with Crippen LogP contribution in [0.25, 0.3) is 11.0 Å². The lowest BCUT2D eigenvalue weighted by atomic mass is 10.2. The highest BCUT2D eigenvalue weighted by Crippen LogP contribution is 2.30. The van der Waals surface area contributed by atoms with Gasteiger partial charge in [0.05, 0.1) is 27.5 Å². The summed E-state index contributed by atoms with van der Waals surface area (Å²) in [5.41, 5.74) is 0.696. The van der Waals surface area contributed by atoms with Crippen molar-refractivity contribution in [3.63, 3.8) is 0 Å². The number of fused-ring (bicyclic) bond motifs is 1. The van der Waals surface area contributed by atoms with E-state index in [0.717, 1.165) is 18.2 Å². The largest absolute Gasteiger partial charge is 0.573 e. The van der Waals surface area contributed by atoms with E-state index in [1.807, 2.05) is 0 Å². The summed E-state index contributed by atoms with van der Waals surface area (Å²) in [4.78, 5) is 17.9. The molecule has 0 amide bonds. The highest BCUT2D eigenvalue weighted by atomic mass is 35.5. The molecular weight excluding hydrogens is 451 g/mol. The van der Waals surface area contributed by atoms with Crippen LogP contribution in [0, 0.1) is 0 Å². The molecule has 3 aromatic rings. The molecule has 3 rings (SSSR count). The Balaban J connectivity index is 1.70. The maximum absolute atomic E-state index is 12.4. The summed E-state index contributed by atoms with van der Waals surface area (Å²) in [7, 11) is -3.99. The number of alkyl halides is 3. The number of rotatable bonds is 7. The quantitative estimate of drug-likeness (QED) is 0.491. The van der Waals surface area contributed by atoms with Crippen LogP contribution in [0.3, 0.4) is 0 Å². The number of sulfone groups is 1. The molecule has 1 aromatic heterocycles. The minimum atomic E-state index is -4.93. The molecule has 2 aromatic carbocycles. The molecule has 0 aliphatic carbocycles. The summed E-state index contributed by atoms with van der Waals surface area (Å²) in [5, 5.41) is 11.4. The second kappa shape index (κ2) is 8.13. The Hall–Kier alpha value is -2.83. The van der Waals surface area contributed by atoms with Gasteiger partial charge in [-0.1, -0.05) is 17.7 Å². The SMILES string of the molecule is O=C(O)c1cccc2[nH]c(CNCS(=O)(=O)c3ccc(OC(F)(F)F)cc3Cl)nc12. The molecule has 0 aliphatic heterocycles. The molecule has 0 aliphatic rings. The zero-order chi connectivity index (χ0) is 22.1. The number of aromatic carboxylic acids is 1. The molecule has 160 valence electrons. The van der Waals surface area contributed by atoms with Crippen molar-refractivity contribution in [1.29, 1.82) is 0 Å². The van der Waals surface area contributed by atoms with Crippen LogP contribution in [0.2, 0.25) is 5.02 Å². The molecule has 3 N–H and O–H groups in total. The molecule has 0 radical (unpaired) electrons. The van der Waals surface area contributed by atoms with E-state index < -0.39 is 38.8 Å². The Labute approximate surface area is 172 Å². The highest BCUT2D eigenvalue weighted by Gasteiger charge is 2.31. The number of aromatic nitrogens is 2. The van der Waals surface area contributed by atoms with Gasteiger partial charge in [0.1, 0.15) is 23.0 Å². The average molecular weight is 464 g/mol. The van der Waals surface area contributed by atoms with Crippen LogP contribution >= 0.6 is 11.6 Å². The van der Waals surface area contributed by atoms with Crippen LogP contribution in [0.1, 0.15) is 16.2 Å². The fourth-order valence-electron chi connectivity index (χ4n) is 2.65. The smallest absolute Gasteiger partial charge is 0.478 e. The Kier molecular flexibility index (Phi) is 5.92. The van der Waals surface area contributed by atoms with Crippen LogP contribution < -0.4 is 10.1 Å². The lowest BCUT2D eigenvalue weighted by Crippen LogP contribution is -2.23. The monoisotopic (exact) mass is 463 g/mol. The number of carbonyl (C=O) groups is 1. The third kappa shape index (κ3) is 5.01. The zero-order valence-electron chi connectivity index (χ0n) is 14.8. The van der Waals surface area contributed by atoms with Crippen LogP contribution in [0.5, 0.6) is 5.75 Å². The summed E-state index contributed by atoms with van der Waals surface area (Å²) in [6, 6.07) is 7.08. The molecule has 30 heavy (non-hydrogen) atoms. The molecular formula is C17H13ClF3N3O5S. The first-order valence-electron chi connectivity index (χ1n) is 8.16. The minimum absolute atomic E-state index is 0.00410. The van der Waals surface area contributed by atoms with E-state index in [4.69, 9.17) is 11.6 Å². The average Bonchev–Trinajstić information content (AvgIpc) is 3.02. The summed E-state index contributed by atoms with van der Waals surface area (Å²) in [5.74, 6) is -2.08. The first kappa shape index (κ1) is 21.9. The number of halogens is 4.